The normalized spacial score (nSPS) is 42.0. The maximum Gasteiger partial charge on any atom is 0.311 e. The van der Waals surface area contributed by atoms with E-state index in [9.17, 15) is 35.1 Å². The average Bonchev–Trinajstić information content (AvgIpc) is 3.70. The van der Waals surface area contributed by atoms with Crippen LogP contribution in [0.4, 0.5) is 0 Å². The summed E-state index contributed by atoms with van der Waals surface area (Å²) in [5, 5.41) is 72.0. The number of nitrogens with zero attached hydrogens (tertiary/aromatic N) is 5. The number of tetrazole rings is 1. The molecule has 3 saturated heterocycles. The lowest BCUT2D eigenvalue weighted by Gasteiger charge is -2.49. The minimum atomic E-state index is -2.03. The van der Waals surface area contributed by atoms with E-state index in [4.69, 9.17) is 28.4 Å². The van der Waals surface area contributed by atoms with Gasteiger partial charge < -0.3 is 54.0 Å². The molecule has 64 heavy (non-hydrogen) atoms. The molecule has 2 aromatic rings. The highest BCUT2D eigenvalue weighted by atomic mass is 16.7. The van der Waals surface area contributed by atoms with Crippen LogP contribution in [-0.4, -0.2) is 161 Å². The van der Waals surface area contributed by atoms with Gasteiger partial charge in [0.25, 0.3) is 0 Å². The monoisotopic (exact) mass is 906 g/mol. The fraction of sp³-hybridized carbons (Fsp3) is 0.804. The number of ketones is 1. The number of aromatic nitrogens is 4. The van der Waals surface area contributed by atoms with Crippen LogP contribution in [0.3, 0.4) is 0 Å². The van der Waals surface area contributed by atoms with Gasteiger partial charge in [0.05, 0.1) is 60.7 Å². The molecule has 3 aliphatic rings. The number of carbonyl (C=O) groups is 2. The molecule has 18 nitrogen and oxygen atoms in total. The van der Waals surface area contributed by atoms with Crippen molar-refractivity contribution in [1.29, 1.82) is 0 Å². The second kappa shape index (κ2) is 21.3. The summed E-state index contributed by atoms with van der Waals surface area (Å²) in [6.45, 7) is 17.1. The van der Waals surface area contributed by atoms with Crippen LogP contribution in [0.5, 0.6) is 0 Å². The maximum absolute atomic E-state index is 14.3. The van der Waals surface area contributed by atoms with Crippen molar-refractivity contribution in [1.82, 2.24) is 25.1 Å². The van der Waals surface area contributed by atoms with Gasteiger partial charge in [0.15, 0.2) is 18.4 Å². The van der Waals surface area contributed by atoms with Gasteiger partial charge in [-0.05, 0) is 85.1 Å². The number of aryl methyl sites for hydroxylation is 2. The van der Waals surface area contributed by atoms with Gasteiger partial charge in [-0.2, -0.15) is 4.80 Å². The Labute approximate surface area is 377 Å². The first-order valence-electron chi connectivity index (χ1n) is 22.8. The van der Waals surface area contributed by atoms with E-state index in [0.29, 0.717) is 18.8 Å². The van der Waals surface area contributed by atoms with Crippen LogP contribution < -0.4 is 0 Å². The molecule has 362 valence electrons. The molecule has 0 saturated carbocycles. The lowest BCUT2D eigenvalue weighted by molar-refractivity contribution is -0.318. The standard InChI is InChI=1S/C46H75N5O13/c1-13-33-46(10,58)39(54)27(4)36(52)25(2)22-44(8,57)41(28(5)38(29(6)42(56)62-33)63-35-23-45(9,59-12)40(55)30(7)61-35)64-43-37(53)32(21-26(3)60-43)50(11)24-34-47-49-51(48-34)20-19-31-17-15-14-16-18-31/h14-18,25-30,32-33,35,37-41,43,53-55,57-58H,13,19-24H2,1-12H3/t25-,26-,27+,28+,29-,30+,32+,33-,35+,37-,38+,39-,40+,41-,43+,44-,45-,46-/m1/s1. The Bertz CT molecular complexity index is 1820. The van der Waals surface area contributed by atoms with E-state index in [1.807, 2.05) is 49.2 Å². The van der Waals surface area contributed by atoms with Crippen molar-refractivity contribution in [2.24, 2.45) is 23.7 Å². The fourth-order valence-electron chi connectivity index (χ4n) is 9.98. The Balaban J connectivity index is 1.48. The van der Waals surface area contributed by atoms with Crippen LogP contribution in [0.2, 0.25) is 0 Å². The van der Waals surface area contributed by atoms with E-state index < -0.39 is 120 Å². The number of hydrogen-bond acceptors (Lipinski definition) is 17. The summed E-state index contributed by atoms with van der Waals surface area (Å²) in [5.41, 5.74) is -3.83. The predicted molar refractivity (Wildman–Crippen MR) is 232 cm³/mol. The summed E-state index contributed by atoms with van der Waals surface area (Å²) in [5.74, 6) is -4.76. The number of rotatable bonds is 12. The topological polar surface area (TPSA) is 238 Å². The van der Waals surface area contributed by atoms with E-state index in [0.717, 1.165) is 12.0 Å². The number of aliphatic hydroxyl groups excluding tert-OH is 3. The first-order chi connectivity index (χ1) is 29.9. The highest BCUT2D eigenvalue weighted by Gasteiger charge is 2.53. The molecule has 18 atom stereocenters. The molecule has 0 unspecified atom stereocenters. The van der Waals surface area contributed by atoms with Crippen molar-refractivity contribution in [3.05, 3.63) is 41.7 Å². The van der Waals surface area contributed by atoms with Gasteiger partial charge in [-0.3, -0.25) is 14.5 Å². The molecule has 1 aromatic carbocycles. The maximum atomic E-state index is 14.3. The highest BCUT2D eigenvalue weighted by Crippen LogP contribution is 2.41. The van der Waals surface area contributed by atoms with Gasteiger partial charge in [0, 0.05) is 37.3 Å². The zero-order chi connectivity index (χ0) is 47.5. The van der Waals surface area contributed by atoms with Crippen molar-refractivity contribution in [3.8, 4) is 0 Å². The predicted octanol–water partition coefficient (Wildman–Crippen LogP) is 2.59. The Morgan fingerprint density at radius 2 is 1.59 bits per heavy atom. The number of Topliss-reactive ketones (excluding diaryl/α,β-unsaturated/α-hetero) is 1. The Morgan fingerprint density at radius 1 is 0.922 bits per heavy atom. The number of ether oxygens (including phenoxy) is 6. The van der Waals surface area contributed by atoms with E-state index in [1.54, 1.807) is 46.3 Å². The third kappa shape index (κ3) is 11.7. The number of benzene rings is 1. The number of esters is 1. The van der Waals surface area contributed by atoms with Crippen LogP contribution in [0.1, 0.15) is 106 Å². The highest BCUT2D eigenvalue weighted by molar-refractivity contribution is 5.83. The van der Waals surface area contributed by atoms with Crippen LogP contribution in [-0.2, 0) is 57.5 Å². The summed E-state index contributed by atoms with van der Waals surface area (Å²) in [6, 6.07) is 9.48. The van der Waals surface area contributed by atoms with Gasteiger partial charge >= 0.3 is 5.97 Å². The zero-order valence-electron chi connectivity index (χ0n) is 39.7. The molecule has 0 amide bonds. The van der Waals surface area contributed by atoms with Crippen molar-refractivity contribution < 1.29 is 63.5 Å². The molecule has 4 heterocycles. The summed E-state index contributed by atoms with van der Waals surface area (Å²) < 4.78 is 37.7. The Kier molecular flexibility index (Phi) is 17.3. The molecule has 0 aliphatic carbocycles. The molecular weight excluding hydrogens is 831 g/mol. The molecule has 0 radical (unpaired) electrons. The van der Waals surface area contributed by atoms with Crippen LogP contribution in [0.25, 0.3) is 0 Å². The molecule has 3 fully saturated rings. The van der Waals surface area contributed by atoms with E-state index >= 15 is 0 Å². The minimum absolute atomic E-state index is 0.0649. The molecule has 3 aliphatic heterocycles. The first kappa shape index (κ1) is 52.0. The van der Waals surface area contributed by atoms with E-state index in [1.165, 1.54) is 27.9 Å². The van der Waals surface area contributed by atoms with Gasteiger partial charge in [-0.25, -0.2) is 0 Å². The first-order valence-corrected chi connectivity index (χ1v) is 22.8. The molecule has 5 rings (SSSR count). The average molecular weight is 906 g/mol. The van der Waals surface area contributed by atoms with Crippen molar-refractivity contribution >= 4 is 11.8 Å². The van der Waals surface area contributed by atoms with Crippen molar-refractivity contribution in [3.63, 3.8) is 0 Å². The molecule has 1 aromatic heterocycles. The van der Waals surface area contributed by atoms with Crippen LogP contribution in [0, 0.1) is 23.7 Å². The number of methoxy groups -OCH3 is 1. The summed E-state index contributed by atoms with van der Waals surface area (Å²) in [4.78, 5) is 31.8. The largest absolute Gasteiger partial charge is 0.459 e. The summed E-state index contributed by atoms with van der Waals surface area (Å²) in [6.07, 6.45) is -9.89. The molecule has 18 heteroatoms. The summed E-state index contributed by atoms with van der Waals surface area (Å²) in [7, 11) is 3.32. The van der Waals surface area contributed by atoms with Crippen LogP contribution >= 0.6 is 0 Å². The van der Waals surface area contributed by atoms with Gasteiger partial charge in [0.1, 0.15) is 29.7 Å². The zero-order valence-corrected chi connectivity index (χ0v) is 39.7. The van der Waals surface area contributed by atoms with E-state index in [2.05, 4.69) is 15.4 Å². The smallest absolute Gasteiger partial charge is 0.311 e. The van der Waals surface area contributed by atoms with E-state index in [-0.39, 0.29) is 25.8 Å². The van der Waals surface area contributed by atoms with Gasteiger partial charge in [0.2, 0.25) is 0 Å². The Hall–Kier alpha value is -3.01. The minimum Gasteiger partial charge on any atom is -0.459 e. The lowest BCUT2D eigenvalue weighted by atomic mass is 9.74. The number of likely N-dealkylation sites (N-methyl/N-ethyl adjacent to an activating group) is 1. The van der Waals surface area contributed by atoms with Crippen molar-refractivity contribution in [2.45, 2.75) is 199 Å². The summed E-state index contributed by atoms with van der Waals surface area (Å²) >= 11 is 0. The number of aliphatic hydroxyl groups is 5. The second-order valence-corrected chi connectivity index (χ2v) is 19.5. The fourth-order valence-corrected chi connectivity index (χ4v) is 9.98. The number of cyclic esters (lactones) is 1. The van der Waals surface area contributed by atoms with Gasteiger partial charge in [-0.15, -0.1) is 10.2 Å². The third-order valence-electron chi connectivity index (χ3n) is 14.1. The molecular formula is C46H75N5O13. The molecule has 0 bridgehead atoms. The van der Waals surface area contributed by atoms with Gasteiger partial charge in [-0.1, -0.05) is 58.0 Å². The van der Waals surface area contributed by atoms with Crippen LogP contribution in [0.15, 0.2) is 30.3 Å². The SMILES string of the molecule is CC[C@H]1OC(=O)[C@H](C)[C@@H](O[C@H]2C[C@@](C)(OC)[C@@H](O)[C@H](C)O2)[C@H](C)[C@@H](O[C@@H]2O[C@H](C)C[C@H](N(C)Cc3nnn(CCc4ccccc4)n3)[C@H]2O)[C@](C)(O)C[C@@H](C)C(=O)[C@H](C)[C@@H](O)[C@]1(C)O. The second-order valence-electron chi connectivity index (χ2n) is 19.5. The van der Waals surface area contributed by atoms with Crippen molar-refractivity contribution in [2.75, 3.05) is 14.2 Å². The lowest BCUT2D eigenvalue weighted by Crippen LogP contribution is -2.61. The number of carbonyl (C=O) groups excluding carboxylic acids is 2. The number of hydrogen-bond donors (Lipinski definition) is 5. The third-order valence-corrected chi connectivity index (χ3v) is 14.1. The quantitative estimate of drug-likeness (QED) is 0.193. The molecule has 5 N–H and O–H groups in total. The Morgan fingerprint density at radius 3 is 2.23 bits per heavy atom. The molecule has 0 spiro atoms.